The molecular formula is C11H13N3S2. The first kappa shape index (κ1) is 11.6. The molecule has 16 heavy (non-hydrogen) atoms. The molecular weight excluding hydrogens is 238 g/mol. The number of pyridine rings is 1. The first-order chi connectivity index (χ1) is 7.90. The van der Waals surface area contributed by atoms with E-state index in [1.165, 1.54) is 17.3 Å². The topological polar surface area (TPSA) is 48.7 Å². The Morgan fingerprint density at radius 1 is 1.56 bits per heavy atom. The predicted octanol–water partition coefficient (Wildman–Crippen LogP) is 2.21. The monoisotopic (exact) mass is 251 g/mol. The third-order valence-corrected chi connectivity index (χ3v) is 5.16. The third-order valence-electron chi connectivity index (χ3n) is 2.32. The van der Waals surface area contributed by atoms with Crippen LogP contribution in [0.25, 0.3) is 0 Å². The quantitative estimate of drug-likeness (QED) is 0.892. The molecule has 1 aliphatic heterocycles. The maximum atomic E-state index is 8.89. The molecule has 1 aliphatic rings. The Balaban J connectivity index is 1.91. The van der Waals surface area contributed by atoms with Crippen molar-refractivity contribution in [3.63, 3.8) is 0 Å². The molecule has 0 aromatic carbocycles. The van der Waals surface area contributed by atoms with Gasteiger partial charge < -0.3 is 5.32 Å². The normalized spacial score (nSPS) is 20.1. The van der Waals surface area contributed by atoms with Gasteiger partial charge in [-0.1, -0.05) is 0 Å². The molecule has 84 valence electrons. The minimum absolute atomic E-state index is 0.482. The summed E-state index contributed by atoms with van der Waals surface area (Å²) in [6.45, 7) is 0.915. The number of nitrogens with zero attached hydrogens (tertiary/aromatic N) is 2. The zero-order valence-electron chi connectivity index (χ0n) is 8.85. The Kier molecular flexibility index (Phi) is 4.37. The van der Waals surface area contributed by atoms with E-state index < -0.39 is 0 Å². The number of anilines is 1. The van der Waals surface area contributed by atoms with E-state index in [1.807, 2.05) is 35.7 Å². The Labute approximate surface area is 104 Å². The molecule has 1 aromatic rings. The van der Waals surface area contributed by atoms with E-state index in [0.29, 0.717) is 10.9 Å². The van der Waals surface area contributed by atoms with E-state index in [2.05, 4.69) is 16.4 Å². The Hall–Kier alpha value is -0.860. The molecule has 0 aliphatic carbocycles. The highest BCUT2D eigenvalue weighted by molar-refractivity contribution is 8.06. The molecule has 0 saturated carbocycles. The fraction of sp³-hybridized carbons (Fsp3) is 0.455. The molecule has 2 rings (SSSR count). The molecule has 0 amide bonds. The van der Waals surface area contributed by atoms with Crippen molar-refractivity contribution in [1.29, 1.82) is 5.26 Å². The van der Waals surface area contributed by atoms with Crippen molar-refractivity contribution in [2.45, 2.75) is 5.25 Å². The molecule has 1 atom stereocenters. The Morgan fingerprint density at radius 2 is 2.50 bits per heavy atom. The van der Waals surface area contributed by atoms with Crippen LogP contribution in [0.5, 0.6) is 0 Å². The molecule has 1 saturated heterocycles. The summed E-state index contributed by atoms with van der Waals surface area (Å²) in [5.74, 6) is 3.69. The van der Waals surface area contributed by atoms with Gasteiger partial charge in [-0.3, -0.25) is 0 Å². The van der Waals surface area contributed by atoms with Crippen molar-refractivity contribution in [2.24, 2.45) is 0 Å². The van der Waals surface area contributed by atoms with Crippen molar-refractivity contribution in [2.75, 3.05) is 29.1 Å². The maximum Gasteiger partial charge on any atom is 0.163 e. The fourth-order valence-corrected chi connectivity index (χ4v) is 4.13. The van der Waals surface area contributed by atoms with Crippen LogP contribution in [0.2, 0.25) is 0 Å². The molecule has 1 aromatic heterocycles. The van der Waals surface area contributed by atoms with Gasteiger partial charge in [0.15, 0.2) is 5.69 Å². The third kappa shape index (κ3) is 3.06. The summed E-state index contributed by atoms with van der Waals surface area (Å²) in [6, 6.07) is 5.86. The highest BCUT2D eigenvalue weighted by atomic mass is 32.2. The zero-order valence-corrected chi connectivity index (χ0v) is 10.5. The van der Waals surface area contributed by atoms with E-state index in [9.17, 15) is 0 Å². The standard InChI is InChI=1S/C11H13N3S2/c12-6-11-10(2-1-3-13-11)14-7-9-8-15-4-5-16-9/h1-3,9,14H,4-5,7-8H2. The lowest BCUT2D eigenvalue weighted by Gasteiger charge is -2.21. The first-order valence-electron chi connectivity index (χ1n) is 5.18. The minimum Gasteiger partial charge on any atom is -0.382 e. The largest absolute Gasteiger partial charge is 0.382 e. The lowest BCUT2D eigenvalue weighted by atomic mass is 10.3. The molecule has 2 heterocycles. The van der Waals surface area contributed by atoms with Gasteiger partial charge in [0.05, 0.1) is 5.69 Å². The molecule has 1 fully saturated rings. The van der Waals surface area contributed by atoms with Gasteiger partial charge in [-0.25, -0.2) is 4.98 Å². The second-order valence-electron chi connectivity index (χ2n) is 3.46. The van der Waals surface area contributed by atoms with Crippen LogP contribution in [0, 0.1) is 11.3 Å². The van der Waals surface area contributed by atoms with Gasteiger partial charge in [0, 0.05) is 35.3 Å². The van der Waals surface area contributed by atoms with Crippen LogP contribution in [0.4, 0.5) is 5.69 Å². The van der Waals surface area contributed by atoms with E-state index >= 15 is 0 Å². The SMILES string of the molecule is N#Cc1ncccc1NCC1CSCCS1. The van der Waals surface area contributed by atoms with E-state index in [4.69, 9.17) is 5.26 Å². The highest BCUT2D eigenvalue weighted by Crippen LogP contribution is 2.24. The summed E-state index contributed by atoms with van der Waals surface area (Å²) in [5.41, 5.74) is 1.33. The second-order valence-corrected chi connectivity index (χ2v) is 6.02. The van der Waals surface area contributed by atoms with Gasteiger partial charge in [-0.2, -0.15) is 28.8 Å². The molecule has 3 nitrogen and oxygen atoms in total. The van der Waals surface area contributed by atoms with Crippen LogP contribution in [-0.4, -0.2) is 34.0 Å². The Morgan fingerprint density at radius 3 is 3.25 bits per heavy atom. The second kappa shape index (κ2) is 6.02. The zero-order chi connectivity index (χ0) is 11.2. The van der Waals surface area contributed by atoms with Crippen LogP contribution in [-0.2, 0) is 0 Å². The number of nitriles is 1. The van der Waals surface area contributed by atoms with E-state index in [-0.39, 0.29) is 0 Å². The first-order valence-corrected chi connectivity index (χ1v) is 7.39. The van der Waals surface area contributed by atoms with Crippen molar-refractivity contribution >= 4 is 29.2 Å². The fourth-order valence-electron chi connectivity index (χ4n) is 1.52. The average molecular weight is 251 g/mol. The van der Waals surface area contributed by atoms with Gasteiger partial charge in [0.25, 0.3) is 0 Å². The average Bonchev–Trinajstić information content (AvgIpc) is 2.38. The maximum absolute atomic E-state index is 8.89. The van der Waals surface area contributed by atoms with Gasteiger partial charge in [0.1, 0.15) is 6.07 Å². The van der Waals surface area contributed by atoms with Crippen molar-refractivity contribution in [1.82, 2.24) is 4.98 Å². The van der Waals surface area contributed by atoms with Gasteiger partial charge >= 0.3 is 0 Å². The predicted molar refractivity (Wildman–Crippen MR) is 71.0 cm³/mol. The van der Waals surface area contributed by atoms with Crippen LogP contribution in [0.1, 0.15) is 5.69 Å². The van der Waals surface area contributed by atoms with Gasteiger partial charge in [-0.05, 0) is 12.1 Å². The highest BCUT2D eigenvalue weighted by Gasteiger charge is 2.14. The van der Waals surface area contributed by atoms with E-state index in [1.54, 1.807) is 6.20 Å². The number of hydrogen-bond acceptors (Lipinski definition) is 5. The van der Waals surface area contributed by atoms with Crippen LogP contribution in [0.3, 0.4) is 0 Å². The number of nitrogens with one attached hydrogen (secondary N) is 1. The van der Waals surface area contributed by atoms with Crippen LogP contribution in [0.15, 0.2) is 18.3 Å². The smallest absolute Gasteiger partial charge is 0.163 e. The minimum atomic E-state index is 0.482. The number of thioether (sulfide) groups is 2. The van der Waals surface area contributed by atoms with Gasteiger partial charge in [0.2, 0.25) is 0 Å². The van der Waals surface area contributed by atoms with Gasteiger partial charge in [-0.15, -0.1) is 0 Å². The Bertz CT molecular complexity index is 383. The molecule has 1 unspecified atom stereocenters. The molecule has 0 spiro atoms. The van der Waals surface area contributed by atoms with Crippen LogP contribution < -0.4 is 5.32 Å². The summed E-state index contributed by atoms with van der Waals surface area (Å²) in [7, 11) is 0. The van der Waals surface area contributed by atoms with Crippen molar-refractivity contribution < 1.29 is 0 Å². The summed E-state index contributed by atoms with van der Waals surface area (Å²) >= 11 is 4.02. The summed E-state index contributed by atoms with van der Waals surface area (Å²) in [5, 5.41) is 12.9. The molecule has 0 radical (unpaired) electrons. The lowest BCUT2D eigenvalue weighted by Crippen LogP contribution is -2.23. The number of rotatable bonds is 3. The van der Waals surface area contributed by atoms with Crippen molar-refractivity contribution in [3.8, 4) is 6.07 Å². The molecule has 0 bridgehead atoms. The lowest BCUT2D eigenvalue weighted by molar-refractivity contribution is 1.00. The summed E-state index contributed by atoms with van der Waals surface area (Å²) < 4.78 is 0. The number of aromatic nitrogens is 1. The number of hydrogen-bond donors (Lipinski definition) is 1. The molecule has 1 N–H and O–H groups in total. The summed E-state index contributed by atoms with van der Waals surface area (Å²) in [6.07, 6.45) is 1.65. The van der Waals surface area contributed by atoms with E-state index in [0.717, 1.165) is 12.2 Å². The van der Waals surface area contributed by atoms with Crippen molar-refractivity contribution in [3.05, 3.63) is 24.0 Å². The van der Waals surface area contributed by atoms with Crippen LogP contribution >= 0.6 is 23.5 Å². The summed E-state index contributed by atoms with van der Waals surface area (Å²) in [4.78, 5) is 4.03. The molecule has 5 heteroatoms.